The van der Waals surface area contributed by atoms with Gasteiger partial charge in [-0.15, -0.1) is 0 Å². The van der Waals surface area contributed by atoms with Crippen LogP contribution in [-0.4, -0.2) is 31.0 Å². The number of likely N-dealkylation sites (tertiary alicyclic amines) is 1. The van der Waals surface area contributed by atoms with Crippen LogP contribution in [0.2, 0.25) is 0 Å². The molecule has 5 rings (SSSR count). The molecule has 1 amide bonds. The summed E-state index contributed by atoms with van der Waals surface area (Å²) in [4.78, 5) is 27.7. The second kappa shape index (κ2) is 10.0. The van der Waals surface area contributed by atoms with Crippen LogP contribution in [-0.2, 0) is 16.1 Å². The Morgan fingerprint density at radius 2 is 1.69 bits per heavy atom. The fraction of sp³-hybridized carbons (Fsp3) is 0.290. The van der Waals surface area contributed by atoms with Crippen LogP contribution < -0.4 is 4.74 Å². The number of amides is 1. The van der Waals surface area contributed by atoms with Crippen molar-refractivity contribution in [1.82, 2.24) is 4.90 Å². The summed E-state index contributed by atoms with van der Waals surface area (Å²) in [6.45, 7) is 2.73. The van der Waals surface area contributed by atoms with Crippen molar-refractivity contribution in [2.75, 3.05) is 14.2 Å². The normalized spacial score (nSPS) is 22.9. The molecule has 1 heterocycles. The molecule has 1 saturated heterocycles. The topological polar surface area (TPSA) is 55.8 Å². The molecule has 0 spiro atoms. The number of esters is 1. The van der Waals surface area contributed by atoms with E-state index in [0.717, 1.165) is 34.4 Å². The van der Waals surface area contributed by atoms with Gasteiger partial charge in [0.15, 0.2) is 0 Å². The Labute approximate surface area is 212 Å². The van der Waals surface area contributed by atoms with Gasteiger partial charge < -0.3 is 14.4 Å². The van der Waals surface area contributed by atoms with Crippen LogP contribution in [0.15, 0.2) is 84.9 Å². The lowest BCUT2D eigenvalue weighted by Crippen LogP contribution is -2.30. The van der Waals surface area contributed by atoms with Crippen molar-refractivity contribution in [3.63, 3.8) is 0 Å². The van der Waals surface area contributed by atoms with Crippen molar-refractivity contribution >= 4 is 11.9 Å². The van der Waals surface area contributed by atoms with Crippen LogP contribution in [0, 0.1) is 17.8 Å². The molecule has 0 N–H and O–H groups in total. The summed E-state index contributed by atoms with van der Waals surface area (Å²) in [6.07, 6.45) is 5.37. The zero-order chi connectivity index (χ0) is 25.2. The molecule has 0 unspecified atom stereocenters. The molecule has 3 aromatic rings. The minimum Gasteiger partial charge on any atom is -0.496 e. The predicted molar refractivity (Wildman–Crippen MR) is 139 cm³/mol. The summed E-state index contributed by atoms with van der Waals surface area (Å²) < 4.78 is 10.7. The van der Waals surface area contributed by atoms with Crippen molar-refractivity contribution in [3.05, 3.63) is 102 Å². The molecule has 1 aliphatic carbocycles. The highest BCUT2D eigenvalue weighted by Crippen LogP contribution is 2.51. The molecule has 0 saturated carbocycles. The highest BCUT2D eigenvalue weighted by atomic mass is 16.5. The SMILES string of the molecule is COC(=O)c1ccc(-c2ccc(OC)c([C@H]3[C@H]4C=CC[C@@H](C)[C@@H]4C(=O)N3Cc3ccccc3)c2)cc1. The minimum atomic E-state index is -0.359. The first-order valence-corrected chi connectivity index (χ1v) is 12.4. The average Bonchev–Trinajstić information content (AvgIpc) is 3.20. The lowest BCUT2D eigenvalue weighted by Gasteiger charge is -2.31. The number of ether oxygens (including phenoxy) is 2. The molecule has 1 aliphatic heterocycles. The number of hydrogen-bond donors (Lipinski definition) is 0. The Kier molecular flexibility index (Phi) is 6.64. The third kappa shape index (κ3) is 4.30. The second-order valence-corrected chi connectivity index (χ2v) is 9.67. The molecule has 5 heteroatoms. The Morgan fingerprint density at radius 1 is 0.972 bits per heavy atom. The number of rotatable bonds is 6. The van der Waals surface area contributed by atoms with E-state index in [0.29, 0.717) is 12.1 Å². The van der Waals surface area contributed by atoms with E-state index in [2.05, 4.69) is 37.3 Å². The lowest BCUT2D eigenvalue weighted by atomic mass is 9.75. The third-order valence-electron chi connectivity index (χ3n) is 7.55. The van der Waals surface area contributed by atoms with Gasteiger partial charge in [-0.05, 0) is 53.3 Å². The van der Waals surface area contributed by atoms with Gasteiger partial charge in [-0.2, -0.15) is 0 Å². The quantitative estimate of drug-likeness (QED) is 0.317. The van der Waals surface area contributed by atoms with Gasteiger partial charge in [-0.1, -0.05) is 67.6 Å². The van der Waals surface area contributed by atoms with Gasteiger partial charge in [0.2, 0.25) is 5.91 Å². The maximum Gasteiger partial charge on any atom is 0.337 e. The number of hydrogen-bond acceptors (Lipinski definition) is 4. The number of carbonyl (C=O) groups is 2. The molecule has 0 bridgehead atoms. The molecule has 0 aromatic heterocycles. The number of benzene rings is 3. The molecule has 3 aromatic carbocycles. The highest BCUT2D eigenvalue weighted by molar-refractivity contribution is 5.90. The summed E-state index contributed by atoms with van der Waals surface area (Å²) in [7, 11) is 3.06. The Hall–Kier alpha value is -3.86. The van der Waals surface area contributed by atoms with E-state index in [-0.39, 0.29) is 35.7 Å². The number of fused-ring (bicyclic) bond motifs is 1. The monoisotopic (exact) mass is 481 g/mol. The second-order valence-electron chi connectivity index (χ2n) is 9.67. The molecule has 1 fully saturated rings. The molecular formula is C31H31NO4. The van der Waals surface area contributed by atoms with Crippen molar-refractivity contribution in [1.29, 1.82) is 0 Å². The Morgan fingerprint density at radius 3 is 2.39 bits per heavy atom. The zero-order valence-electron chi connectivity index (χ0n) is 20.9. The zero-order valence-corrected chi connectivity index (χ0v) is 20.9. The first-order chi connectivity index (χ1) is 17.5. The fourth-order valence-corrected chi connectivity index (χ4v) is 5.74. The maximum absolute atomic E-state index is 13.8. The fourth-order valence-electron chi connectivity index (χ4n) is 5.74. The van der Waals surface area contributed by atoms with Crippen molar-refractivity contribution in [2.45, 2.75) is 25.9 Å². The largest absolute Gasteiger partial charge is 0.496 e. The molecule has 184 valence electrons. The van der Waals surface area contributed by atoms with Crippen LogP contribution in [0.25, 0.3) is 11.1 Å². The highest BCUT2D eigenvalue weighted by Gasteiger charge is 2.51. The van der Waals surface area contributed by atoms with E-state index in [4.69, 9.17) is 9.47 Å². The van der Waals surface area contributed by atoms with Gasteiger partial charge in [0, 0.05) is 23.9 Å². The van der Waals surface area contributed by atoms with E-state index in [1.165, 1.54) is 7.11 Å². The molecule has 2 aliphatic rings. The number of carbonyl (C=O) groups excluding carboxylic acids is 2. The number of nitrogens with zero attached hydrogens (tertiary/aromatic N) is 1. The average molecular weight is 482 g/mol. The summed E-state index contributed by atoms with van der Waals surface area (Å²) in [5, 5.41) is 0. The number of methoxy groups -OCH3 is 2. The molecule has 36 heavy (non-hydrogen) atoms. The third-order valence-corrected chi connectivity index (χ3v) is 7.55. The molecule has 0 radical (unpaired) electrons. The minimum absolute atomic E-state index is 0.0450. The summed E-state index contributed by atoms with van der Waals surface area (Å²) in [6, 6.07) is 23.6. The van der Waals surface area contributed by atoms with Crippen molar-refractivity contribution in [2.24, 2.45) is 17.8 Å². The number of allylic oxidation sites excluding steroid dienone is 1. The van der Waals surface area contributed by atoms with E-state index < -0.39 is 0 Å². The van der Waals surface area contributed by atoms with Crippen LogP contribution in [0.1, 0.15) is 40.9 Å². The van der Waals surface area contributed by atoms with Gasteiger partial charge in [-0.3, -0.25) is 4.79 Å². The van der Waals surface area contributed by atoms with E-state index >= 15 is 0 Å². The van der Waals surface area contributed by atoms with Gasteiger partial charge in [0.25, 0.3) is 0 Å². The molecule has 4 atom stereocenters. The van der Waals surface area contributed by atoms with E-state index in [1.54, 1.807) is 19.2 Å². The Bertz CT molecular complexity index is 1280. The summed E-state index contributed by atoms with van der Waals surface area (Å²) >= 11 is 0. The van der Waals surface area contributed by atoms with Crippen LogP contribution in [0.3, 0.4) is 0 Å². The summed E-state index contributed by atoms with van der Waals surface area (Å²) in [5.74, 6) is 0.943. The summed E-state index contributed by atoms with van der Waals surface area (Å²) in [5.41, 5.74) is 4.61. The lowest BCUT2D eigenvalue weighted by molar-refractivity contribution is -0.134. The van der Waals surface area contributed by atoms with E-state index in [9.17, 15) is 9.59 Å². The Balaban J connectivity index is 1.58. The van der Waals surface area contributed by atoms with Gasteiger partial charge in [0.1, 0.15) is 5.75 Å². The maximum atomic E-state index is 13.8. The van der Waals surface area contributed by atoms with Crippen LogP contribution >= 0.6 is 0 Å². The van der Waals surface area contributed by atoms with Crippen molar-refractivity contribution < 1.29 is 19.1 Å². The van der Waals surface area contributed by atoms with Gasteiger partial charge >= 0.3 is 5.97 Å². The van der Waals surface area contributed by atoms with E-state index in [1.807, 2.05) is 47.4 Å². The van der Waals surface area contributed by atoms with Crippen LogP contribution in [0.4, 0.5) is 0 Å². The molecular weight excluding hydrogens is 450 g/mol. The molecule has 5 nitrogen and oxygen atoms in total. The standard InChI is InChI=1S/C31H31NO4/c1-20-8-7-11-25-28(20)30(33)32(19-21-9-5-4-6-10-21)29(25)26-18-24(16-17-27(26)35-2)22-12-14-23(15-13-22)31(34)36-3/h4-7,9-18,20,25,28-29H,8,19H2,1-3H3/t20-,25+,28+,29-/m1/s1. The first kappa shape index (κ1) is 23.9. The van der Waals surface area contributed by atoms with Crippen molar-refractivity contribution in [3.8, 4) is 16.9 Å². The predicted octanol–water partition coefficient (Wildman–Crippen LogP) is 6.06. The first-order valence-electron chi connectivity index (χ1n) is 12.4. The van der Waals surface area contributed by atoms with Gasteiger partial charge in [-0.25, -0.2) is 4.79 Å². The van der Waals surface area contributed by atoms with Gasteiger partial charge in [0.05, 0.1) is 25.8 Å². The smallest absolute Gasteiger partial charge is 0.337 e. The van der Waals surface area contributed by atoms with Crippen LogP contribution in [0.5, 0.6) is 5.75 Å².